The second-order valence-corrected chi connectivity index (χ2v) is 7.47. The van der Waals surface area contributed by atoms with E-state index in [2.05, 4.69) is 21.5 Å². The average Bonchev–Trinajstić information content (AvgIpc) is 2.60. The minimum Gasteiger partial charge on any atom is -0.347 e. The Bertz CT molecular complexity index is 439. The van der Waals surface area contributed by atoms with Crippen LogP contribution in [0.15, 0.2) is 0 Å². The van der Waals surface area contributed by atoms with E-state index in [1.807, 2.05) is 5.43 Å². The molecule has 0 radical (unpaired) electrons. The molecule has 25 heavy (non-hydrogen) atoms. The maximum atomic E-state index is 11.5. The lowest BCUT2D eigenvalue weighted by Gasteiger charge is -2.06. The Morgan fingerprint density at radius 3 is 1.72 bits per heavy atom. The van der Waals surface area contributed by atoms with Crippen LogP contribution in [0.25, 0.3) is 0 Å². The summed E-state index contributed by atoms with van der Waals surface area (Å²) in [5.74, 6) is 5.43. The largest absolute Gasteiger partial charge is 0.347 e. The van der Waals surface area contributed by atoms with Crippen molar-refractivity contribution in [2.24, 2.45) is 5.84 Å². The first-order chi connectivity index (χ1) is 12.0. The number of hydrogen-bond donors (Lipinski definition) is 6. The third-order valence-corrected chi connectivity index (χ3v) is 5.24. The van der Waals surface area contributed by atoms with Gasteiger partial charge >= 0.3 is 0 Å². The van der Waals surface area contributed by atoms with Crippen LogP contribution in [0.2, 0.25) is 0 Å². The Balaban J connectivity index is 3.41. The molecule has 0 saturated heterocycles. The van der Waals surface area contributed by atoms with E-state index in [0.717, 1.165) is 11.5 Å². The summed E-state index contributed by atoms with van der Waals surface area (Å²) in [4.78, 5) is 44.8. The van der Waals surface area contributed by atoms with Crippen molar-refractivity contribution in [3.05, 3.63) is 0 Å². The lowest BCUT2D eigenvalue weighted by Crippen LogP contribution is -2.42. The second-order valence-electron chi connectivity index (χ2n) is 4.77. The topological polar surface area (TPSA) is 154 Å². The van der Waals surface area contributed by atoms with Crippen LogP contribution in [0.3, 0.4) is 0 Å². The van der Waals surface area contributed by atoms with E-state index >= 15 is 0 Å². The first kappa shape index (κ1) is 23.5. The van der Waals surface area contributed by atoms with Crippen LogP contribution in [0.1, 0.15) is 25.7 Å². The van der Waals surface area contributed by atoms with Gasteiger partial charge in [-0.25, -0.2) is 11.3 Å². The van der Waals surface area contributed by atoms with E-state index in [4.69, 9.17) is 5.84 Å². The van der Waals surface area contributed by atoms with Crippen molar-refractivity contribution in [2.45, 2.75) is 25.7 Å². The van der Waals surface area contributed by atoms with Crippen molar-refractivity contribution >= 4 is 45.2 Å². The second kappa shape index (κ2) is 16.0. The van der Waals surface area contributed by atoms with Crippen LogP contribution in [-0.2, 0) is 19.2 Å². The Morgan fingerprint density at radius 1 is 0.800 bits per heavy atom. The van der Waals surface area contributed by atoms with Crippen LogP contribution < -0.4 is 32.8 Å². The Labute approximate surface area is 154 Å². The molecule has 0 spiro atoms. The minimum absolute atomic E-state index is 0.0451. The summed E-state index contributed by atoms with van der Waals surface area (Å²) in [5.41, 5.74) is 6.77. The van der Waals surface area contributed by atoms with E-state index in [1.165, 1.54) is 0 Å². The Morgan fingerprint density at radius 2 is 1.28 bits per heavy atom. The normalized spacial score (nSPS) is 10.0. The fourth-order valence-electron chi connectivity index (χ4n) is 1.47. The molecule has 7 N–H and O–H groups in total. The van der Waals surface area contributed by atoms with Crippen molar-refractivity contribution in [1.29, 1.82) is 0 Å². The zero-order chi connectivity index (χ0) is 18.9. The van der Waals surface area contributed by atoms with Gasteiger partial charge in [0, 0.05) is 31.4 Å². The van der Waals surface area contributed by atoms with Gasteiger partial charge in [-0.2, -0.15) is 0 Å². The fraction of sp³-hybridized carbons (Fsp3) is 0.692. The number of hydrogen-bond acceptors (Lipinski definition) is 8. The van der Waals surface area contributed by atoms with Crippen molar-refractivity contribution in [1.82, 2.24) is 26.9 Å². The number of carbonyl (C=O) groups excluding carboxylic acids is 4. The van der Waals surface area contributed by atoms with Crippen molar-refractivity contribution < 1.29 is 19.2 Å². The van der Waals surface area contributed by atoms with Gasteiger partial charge in [-0.3, -0.25) is 30.0 Å². The summed E-state index contributed by atoms with van der Waals surface area (Å²) >= 11 is 0. The first-order valence-electron chi connectivity index (χ1n) is 7.72. The SMILES string of the molecule is CNNC(=O)CNC(=O)CCCSSCCCC(=O)NCC(=O)NN. The predicted molar refractivity (Wildman–Crippen MR) is 98.9 cm³/mol. The summed E-state index contributed by atoms with van der Waals surface area (Å²) < 4.78 is 0. The highest BCUT2D eigenvalue weighted by atomic mass is 33.1. The third kappa shape index (κ3) is 15.8. The summed E-state index contributed by atoms with van der Waals surface area (Å²) in [6, 6.07) is 0. The standard InChI is InChI=1S/C13H26N6O4S2/c1-15-19-13(23)9-17-11(21)5-3-7-25-24-6-2-4-10(20)16-8-12(22)18-14/h15H,2-9,14H2,1H3,(H,16,20)(H,17,21)(H,18,22)(H,19,23). The highest BCUT2D eigenvalue weighted by Gasteiger charge is 2.05. The Kier molecular flexibility index (Phi) is 15.0. The molecule has 144 valence electrons. The first-order valence-corrected chi connectivity index (χ1v) is 10.2. The van der Waals surface area contributed by atoms with E-state index in [9.17, 15) is 19.2 Å². The maximum Gasteiger partial charge on any atom is 0.253 e. The zero-order valence-electron chi connectivity index (χ0n) is 14.2. The van der Waals surface area contributed by atoms with Gasteiger partial charge in [0.05, 0.1) is 13.1 Å². The number of nitrogens with one attached hydrogen (secondary N) is 5. The molecule has 0 unspecified atom stereocenters. The van der Waals surface area contributed by atoms with Crippen LogP contribution in [0.4, 0.5) is 0 Å². The molecule has 0 atom stereocenters. The number of amides is 4. The van der Waals surface area contributed by atoms with Crippen LogP contribution in [-0.4, -0.2) is 55.3 Å². The number of rotatable bonds is 14. The van der Waals surface area contributed by atoms with Crippen molar-refractivity contribution in [3.63, 3.8) is 0 Å². The summed E-state index contributed by atoms with van der Waals surface area (Å²) in [6.45, 7) is -0.160. The predicted octanol–water partition coefficient (Wildman–Crippen LogP) is -1.60. The molecule has 0 fully saturated rings. The monoisotopic (exact) mass is 394 g/mol. The number of nitrogens with two attached hydrogens (primary N) is 1. The van der Waals surface area contributed by atoms with Crippen LogP contribution in [0.5, 0.6) is 0 Å². The molecule has 0 saturated carbocycles. The van der Waals surface area contributed by atoms with Gasteiger partial charge in [0.15, 0.2) is 0 Å². The molecule has 10 nitrogen and oxygen atoms in total. The summed E-state index contributed by atoms with van der Waals surface area (Å²) in [6.07, 6.45) is 2.13. The fourth-order valence-corrected chi connectivity index (χ4v) is 3.64. The lowest BCUT2D eigenvalue weighted by atomic mass is 10.3. The number of carbonyl (C=O) groups is 4. The van der Waals surface area contributed by atoms with Crippen molar-refractivity contribution in [2.75, 3.05) is 31.6 Å². The molecule has 0 aliphatic heterocycles. The highest BCUT2D eigenvalue weighted by Crippen LogP contribution is 2.23. The average molecular weight is 395 g/mol. The summed E-state index contributed by atoms with van der Waals surface area (Å²) in [7, 11) is 4.84. The smallest absolute Gasteiger partial charge is 0.253 e. The van der Waals surface area contributed by atoms with E-state index in [1.54, 1.807) is 28.6 Å². The van der Waals surface area contributed by atoms with Crippen LogP contribution in [0, 0.1) is 0 Å². The molecule has 0 aliphatic carbocycles. The minimum atomic E-state index is -0.440. The summed E-state index contributed by atoms with van der Waals surface area (Å²) in [5, 5.41) is 4.99. The zero-order valence-corrected chi connectivity index (χ0v) is 15.8. The molecule has 0 aliphatic rings. The van der Waals surface area contributed by atoms with Gasteiger partial charge in [0.1, 0.15) is 0 Å². The molecule has 4 amide bonds. The molecule has 0 rings (SSSR count). The van der Waals surface area contributed by atoms with Gasteiger partial charge in [0.25, 0.3) is 11.8 Å². The maximum absolute atomic E-state index is 11.5. The van der Waals surface area contributed by atoms with Gasteiger partial charge in [-0.1, -0.05) is 21.6 Å². The molecule has 0 aromatic heterocycles. The molecule has 0 aromatic carbocycles. The quantitative estimate of drug-likeness (QED) is 0.0677. The van der Waals surface area contributed by atoms with E-state index in [0.29, 0.717) is 25.7 Å². The van der Waals surface area contributed by atoms with Gasteiger partial charge in [-0.05, 0) is 12.8 Å². The van der Waals surface area contributed by atoms with Crippen molar-refractivity contribution in [3.8, 4) is 0 Å². The third-order valence-electron chi connectivity index (χ3n) is 2.66. The molecular weight excluding hydrogens is 368 g/mol. The van der Waals surface area contributed by atoms with Gasteiger partial charge in [-0.15, -0.1) is 0 Å². The van der Waals surface area contributed by atoms with Crippen LogP contribution >= 0.6 is 21.6 Å². The van der Waals surface area contributed by atoms with Gasteiger partial charge < -0.3 is 10.6 Å². The molecule has 0 heterocycles. The molecule has 0 bridgehead atoms. The number of hydrazine groups is 2. The van der Waals surface area contributed by atoms with E-state index in [-0.39, 0.29) is 30.8 Å². The molecule has 0 aromatic rings. The molecular formula is C13H26N6O4S2. The Hall–Kier alpha value is -1.50. The highest BCUT2D eigenvalue weighted by molar-refractivity contribution is 8.76. The lowest BCUT2D eigenvalue weighted by molar-refractivity contribution is -0.126. The van der Waals surface area contributed by atoms with E-state index < -0.39 is 5.91 Å². The molecule has 12 heteroatoms. The van der Waals surface area contributed by atoms with Gasteiger partial charge in [0.2, 0.25) is 11.8 Å².